The lowest BCUT2D eigenvalue weighted by atomic mass is 10.2. The minimum atomic E-state index is 0.568. The van der Waals surface area contributed by atoms with Crippen molar-refractivity contribution >= 4 is 17.7 Å². The fraction of sp³-hybridized carbons (Fsp3) is 0.550. The maximum Gasteiger partial charge on any atom is 0.191 e. The highest BCUT2D eigenvalue weighted by molar-refractivity contribution is 7.98. The van der Waals surface area contributed by atoms with Crippen molar-refractivity contribution in [2.24, 2.45) is 10.9 Å². The summed E-state index contributed by atoms with van der Waals surface area (Å²) in [5.74, 6) is 3.27. The van der Waals surface area contributed by atoms with Crippen molar-refractivity contribution in [1.82, 2.24) is 25.4 Å². The van der Waals surface area contributed by atoms with Crippen molar-refractivity contribution in [1.29, 1.82) is 0 Å². The second-order valence-electron chi connectivity index (χ2n) is 6.92. The standard InChI is InChI=1S/C20H32N6OS/c1-15(2)14-26-18(24-25-20(26)28-5)10-7-11-22-19(21-3)23-13-16-8-6-9-17(12-16)27-4/h6,8-9,12,15H,7,10-11,13-14H2,1-5H3,(H2,21,22,23). The van der Waals surface area contributed by atoms with Gasteiger partial charge in [-0.3, -0.25) is 4.99 Å². The van der Waals surface area contributed by atoms with Crippen molar-refractivity contribution < 1.29 is 4.74 Å². The number of aliphatic imine (C=N–C) groups is 1. The molecule has 0 aliphatic heterocycles. The second kappa shape index (κ2) is 11.6. The molecule has 0 amide bonds. The molecular weight excluding hydrogens is 372 g/mol. The molecule has 2 N–H and O–H groups in total. The minimum absolute atomic E-state index is 0.568. The molecule has 8 heteroatoms. The molecule has 0 unspecified atom stereocenters. The van der Waals surface area contributed by atoms with E-state index in [4.69, 9.17) is 4.74 Å². The van der Waals surface area contributed by atoms with Crippen LogP contribution in [0.1, 0.15) is 31.7 Å². The van der Waals surface area contributed by atoms with Gasteiger partial charge in [-0.1, -0.05) is 37.7 Å². The van der Waals surface area contributed by atoms with Gasteiger partial charge in [0.25, 0.3) is 0 Å². The number of hydrogen-bond acceptors (Lipinski definition) is 5. The van der Waals surface area contributed by atoms with Gasteiger partial charge in [-0.2, -0.15) is 0 Å². The number of ether oxygens (including phenoxy) is 1. The molecule has 1 aromatic carbocycles. The quantitative estimate of drug-likeness (QED) is 0.274. The highest BCUT2D eigenvalue weighted by atomic mass is 32.2. The molecule has 0 radical (unpaired) electrons. The largest absolute Gasteiger partial charge is 0.497 e. The Balaban J connectivity index is 1.79. The lowest BCUT2D eigenvalue weighted by molar-refractivity contribution is 0.414. The summed E-state index contributed by atoms with van der Waals surface area (Å²) in [6, 6.07) is 8.01. The first-order valence-electron chi connectivity index (χ1n) is 9.60. The molecule has 1 heterocycles. The second-order valence-corrected chi connectivity index (χ2v) is 7.69. The van der Waals surface area contributed by atoms with E-state index in [1.165, 1.54) is 0 Å². The maximum absolute atomic E-state index is 5.26. The summed E-state index contributed by atoms with van der Waals surface area (Å²) >= 11 is 1.65. The Morgan fingerprint density at radius 2 is 2.11 bits per heavy atom. The van der Waals surface area contributed by atoms with Gasteiger partial charge in [-0.25, -0.2) is 0 Å². The summed E-state index contributed by atoms with van der Waals surface area (Å²) in [5.41, 5.74) is 1.15. The summed E-state index contributed by atoms with van der Waals surface area (Å²) in [7, 11) is 3.46. The summed E-state index contributed by atoms with van der Waals surface area (Å²) in [4.78, 5) is 4.29. The van der Waals surface area contributed by atoms with Gasteiger partial charge in [-0.05, 0) is 36.3 Å². The molecule has 2 aromatic rings. The normalized spacial score (nSPS) is 11.7. The number of nitrogens with zero attached hydrogens (tertiary/aromatic N) is 4. The van der Waals surface area contributed by atoms with E-state index in [1.807, 2.05) is 24.5 Å². The third-order valence-electron chi connectivity index (χ3n) is 4.21. The number of aryl methyl sites for hydroxylation is 1. The van der Waals surface area contributed by atoms with Crippen LogP contribution in [-0.4, -0.2) is 47.7 Å². The Bertz CT molecular complexity index is 759. The zero-order valence-corrected chi connectivity index (χ0v) is 18.3. The summed E-state index contributed by atoms with van der Waals surface area (Å²) in [6.45, 7) is 6.90. The Morgan fingerprint density at radius 3 is 2.79 bits per heavy atom. The van der Waals surface area contributed by atoms with Crippen LogP contribution in [0.5, 0.6) is 5.75 Å². The highest BCUT2D eigenvalue weighted by Crippen LogP contribution is 2.16. The molecular formula is C20H32N6OS. The molecule has 0 bridgehead atoms. The molecule has 0 saturated heterocycles. The number of benzene rings is 1. The fourth-order valence-electron chi connectivity index (χ4n) is 2.85. The van der Waals surface area contributed by atoms with Crippen LogP contribution >= 0.6 is 11.8 Å². The van der Waals surface area contributed by atoms with Gasteiger partial charge in [0.15, 0.2) is 11.1 Å². The van der Waals surface area contributed by atoms with E-state index in [0.717, 1.165) is 54.2 Å². The lowest BCUT2D eigenvalue weighted by Gasteiger charge is -2.13. The molecule has 28 heavy (non-hydrogen) atoms. The Hall–Kier alpha value is -2.22. The third kappa shape index (κ3) is 6.74. The number of nitrogens with one attached hydrogen (secondary N) is 2. The maximum atomic E-state index is 5.26. The molecule has 0 fully saturated rings. The molecule has 2 rings (SSSR count). The lowest BCUT2D eigenvalue weighted by Crippen LogP contribution is -2.37. The molecule has 0 aliphatic rings. The summed E-state index contributed by atoms with van der Waals surface area (Å²) < 4.78 is 7.51. The molecule has 0 saturated carbocycles. The van der Waals surface area contributed by atoms with Gasteiger partial charge in [0, 0.05) is 33.1 Å². The summed E-state index contributed by atoms with van der Waals surface area (Å²) in [6.07, 6.45) is 3.90. The number of aromatic nitrogens is 3. The van der Waals surface area contributed by atoms with Gasteiger partial charge in [0.1, 0.15) is 11.6 Å². The Morgan fingerprint density at radius 1 is 1.29 bits per heavy atom. The third-order valence-corrected chi connectivity index (χ3v) is 4.88. The molecule has 154 valence electrons. The van der Waals surface area contributed by atoms with Crippen molar-refractivity contribution in [3.8, 4) is 5.75 Å². The minimum Gasteiger partial charge on any atom is -0.497 e. The highest BCUT2D eigenvalue weighted by Gasteiger charge is 2.12. The van der Waals surface area contributed by atoms with Crippen LogP contribution in [-0.2, 0) is 19.5 Å². The van der Waals surface area contributed by atoms with E-state index in [1.54, 1.807) is 25.9 Å². The van der Waals surface area contributed by atoms with E-state index in [0.29, 0.717) is 12.5 Å². The molecule has 0 aliphatic carbocycles. The predicted octanol–water partition coefficient (Wildman–Crippen LogP) is 2.96. The first kappa shape index (κ1) is 22.1. The van der Waals surface area contributed by atoms with Gasteiger partial charge in [0.05, 0.1) is 7.11 Å². The molecule has 7 nitrogen and oxygen atoms in total. The summed E-state index contributed by atoms with van der Waals surface area (Å²) in [5, 5.41) is 16.4. The van der Waals surface area contributed by atoms with Crippen molar-refractivity contribution in [2.45, 2.75) is 44.9 Å². The average Bonchev–Trinajstić information content (AvgIpc) is 3.08. The predicted molar refractivity (Wildman–Crippen MR) is 116 cm³/mol. The average molecular weight is 405 g/mol. The van der Waals surface area contributed by atoms with Crippen LogP contribution in [0, 0.1) is 5.92 Å². The van der Waals surface area contributed by atoms with Gasteiger partial charge < -0.3 is 19.9 Å². The van der Waals surface area contributed by atoms with Crippen molar-refractivity contribution in [2.75, 3.05) is 27.0 Å². The van der Waals surface area contributed by atoms with Crippen LogP contribution in [0.2, 0.25) is 0 Å². The van der Waals surface area contributed by atoms with E-state index in [9.17, 15) is 0 Å². The Kier molecular flexibility index (Phi) is 9.13. The van der Waals surface area contributed by atoms with Crippen LogP contribution in [0.25, 0.3) is 0 Å². The fourth-order valence-corrected chi connectivity index (χ4v) is 3.37. The number of rotatable bonds is 10. The van der Waals surface area contributed by atoms with Crippen molar-refractivity contribution in [3.63, 3.8) is 0 Å². The zero-order valence-electron chi connectivity index (χ0n) is 17.5. The zero-order chi connectivity index (χ0) is 20.4. The van der Waals surface area contributed by atoms with Gasteiger partial charge >= 0.3 is 0 Å². The SMILES string of the molecule is CN=C(NCCCc1nnc(SC)n1CC(C)C)NCc1cccc(OC)c1. The monoisotopic (exact) mass is 404 g/mol. The number of thioether (sulfide) groups is 1. The van der Waals surface area contributed by atoms with E-state index in [-0.39, 0.29) is 0 Å². The first-order valence-corrected chi connectivity index (χ1v) is 10.8. The topological polar surface area (TPSA) is 76.4 Å². The van der Waals surface area contributed by atoms with Crippen LogP contribution in [0.3, 0.4) is 0 Å². The smallest absolute Gasteiger partial charge is 0.191 e. The Labute approximate surface area is 172 Å². The first-order chi connectivity index (χ1) is 13.6. The molecule has 0 atom stereocenters. The van der Waals surface area contributed by atoms with E-state index >= 15 is 0 Å². The molecule has 1 aromatic heterocycles. The van der Waals surface area contributed by atoms with E-state index in [2.05, 4.69) is 50.3 Å². The number of methoxy groups -OCH3 is 1. The number of hydrogen-bond donors (Lipinski definition) is 2. The van der Waals surface area contributed by atoms with Crippen LogP contribution in [0.4, 0.5) is 0 Å². The van der Waals surface area contributed by atoms with Crippen LogP contribution < -0.4 is 15.4 Å². The van der Waals surface area contributed by atoms with Gasteiger partial charge in [0.2, 0.25) is 0 Å². The van der Waals surface area contributed by atoms with E-state index < -0.39 is 0 Å². The molecule has 0 spiro atoms. The number of guanidine groups is 1. The van der Waals surface area contributed by atoms with Gasteiger partial charge in [-0.15, -0.1) is 10.2 Å². The van der Waals surface area contributed by atoms with Crippen LogP contribution in [0.15, 0.2) is 34.4 Å². The van der Waals surface area contributed by atoms with Crippen molar-refractivity contribution in [3.05, 3.63) is 35.7 Å².